The maximum atomic E-state index is 12.6. The third-order valence-corrected chi connectivity index (χ3v) is 5.66. The van der Waals surface area contributed by atoms with Gasteiger partial charge in [0.1, 0.15) is 11.5 Å². The molecule has 4 heteroatoms. The number of aryl methyl sites for hydroxylation is 2. The van der Waals surface area contributed by atoms with Crippen LogP contribution in [-0.2, 0) is 13.1 Å². The molecular weight excluding hydrogens is 324 g/mol. The van der Waals surface area contributed by atoms with Crippen molar-refractivity contribution >= 4 is 5.91 Å². The number of hydrogen-bond donors (Lipinski definition) is 1. The van der Waals surface area contributed by atoms with Gasteiger partial charge in [0.2, 0.25) is 0 Å². The molecule has 4 nitrogen and oxygen atoms in total. The van der Waals surface area contributed by atoms with Crippen LogP contribution in [0, 0.1) is 20.8 Å². The summed E-state index contributed by atoms with van der Waals surface area (Å²) < 4.78 is 5.59. The topological polar surface area (TPSA) is 45.5 Å². The molecule has 0 spiro atoms. The number of carbonyl (C=O) groups is 1. The van der Waals surface area contributed by atoms with Crippen molar-refractivity contribution in [3.8, 4) is 0 Å². The third kappa shape index (κ3) is 4.01. The largest absolute Gasteiger partial charge is 0.466 e. The zero-order valence-electron chi connectivity index (χ0n) is 16.4. The van der Waals surface area contributed by atoms with Crippen LogP contribution in [0.5, 0.6) is 0 Å². The molecule has 0 saturated carbocycles. The van der Waals surface area contributed by atoms with Gasteiger partial charge in [0.25, 0.3) is 5.91 Å². The van der Waals surface area contributed by atoms with E-state index in [1.54, 1.807) is 0 Å². The molecule has 0 aliphatic carbocycles. The van der Waals surface area contributed by atoms with E-state index >= 15 is 0 Å². The Kier molecular flexibility index (Phi) is 5.82. The molecule has 1 aliphatic rings. The molecule has 1 aromatic heterocycles. The van der Waals surface area contributed by atoms with Crippen molar-refractivity contribution in [1.29, 1.82) is 0 Å². The van der Waals surface area contributed by atoms with Crippen LogP contribution in [0.3, 0.4) is 0 Å². The van der Waals surface area contributed by atoms with E-state index in [1.807, 2.05) is 26.8 Å². The van der Waals surface area contributed by atoms with Crippen molar-refractivity contribution in [2.75, 3.05) is 6.54 Å². The molecule has 2 aromatic rings. The van der Waals surface area contributed by atoms with Gasteiger partial charge in [-0.3, -0.25) is 9.69 Å². The molecule has 140 valence electrons. The number of furan rings is 1. The van der Waals surface area contributed by atoms with E-state index < -0.39 is 0 Å². The minimum Gasteiger partial charge on any atom is -0.466 e. The lowest BCUT2D eigenvalue weighted by atomic mass is 10.0. The highest BCUT2D eigenvalue weighted by Gasteiger charge is 2.20. The van der Waals surface area contributed by atoms with Crippen LogP contribution < -0.4 is 5.32 Å². The van der Waals surface area contributed by atoms with E-state index in [-0.39, 0.29) is 5.91 Å². The van der Waals surface area contributed by atoms with Gasteiger partial charge in [-0.05, 0) is 58.2 Å². The van der Waals surface area contributed by atoms with Crippen LogP contribution >= 0.6 is 0 Å². The van der Waals surface area contributed by atoms with Crippen molar-refractivity contribution in [2.45, 2.75) is 66.1 Å². The van der Waals surface area contributed by atoms with Crippen LogP contribution in [-0.4, -0.2) is 23.4 Å². The Hall–Kier alpha value is -2.07. The second kappa shape index (κ2) is 8.09. The van der Waals surface area contributed by atoms with E-state index in [4.69, 9.17) is 4.42 Å². The second-order valence-corrected chi connectivity index (χ2v) is 7.48. The summed E-state index contributed by atoms with van der Waals surface area (Å²) in [4.78, 5) is 15.2. The maximum absolute atomic E-state index is 12.6. The highest BCUT2D eigenvalue weighted by Crippen LogP contribution is 2.22. The number of benzene rings is 1. The Morgan fingerprint density at radius 1 is 1.15 bits per heavy atom. The van der Waals surface area contributed by atoms with Gasteiger partial charge in [-0.15, -0.1) is 0 Å². The van der Waals surface area contributed by atoms with Gasteiger partial charge < -0.3 is 9.73 Å². The molecule has 1 fully saturated rings. The first-order chi connectivity index (χ1) is 12.5. The standard InChI is InChI=1S/C22H30N2O2/c1-15-9-7-8-12-24(15)14-20-11-6-5-10-19(20)13-23-22(25)21-16(2)17(3)26-18(21)4/h5-6,10-11,15H,7-9,12-14H2,1-4H3,(H,23,25). The molecule has 1 amide bonds. The molecule has 1 N–H and O–H groups in total. The van der Waals surface area contributed by atoms with Crippen molar-refractivity contribution in [2.24, 2.45) is 0 Å². The minimum absolute atomic E-state index is 0.0574. The van der Waals surface area contributed by atoms with Crippen molar-refractivity contribution in [3.05, 3.63) is 58.0 Å². The zero-order valence-corrected chi connectivity index (χ0v) is 16.4. The van der Waals surface area contributed by atoms with E-state index in [9.17, 15) is 4.79 Å². The summed E-state index contributed by atoms with van der Waals surface area (Å²) in [5.74, 6) is 1.44. The number of likely N-dealkylation sites (tertiary alicyclic amines) is 1. The number of amides is 1. The molecule has 1 atom stereocenters. The SMILES string of the molecule is Cc1oc(C)c(C(=O)NCc2ccccc2CN2CCCCC2C)c1C. The third-order valence-electron chi connectivity index (χ3n) is 5.66. The van der Waals surface area contributed by atoms with Crippen LogP contribution in [0.2, 0.25) is 0 Å². The Morgan fingerprint density at radius 3 is 2.54 bits per heavy atom. The van der Waals surface area contributed by atoms with E-state index in [0.717, 1.165) is 24.4 Å². The fraction of sp³-hybridized carbons (Fsp3) is 0.500. The molecule has 1 aliphatic heterocycles. The number of hydrogen-bond acceptors (Lipinski definition) is 3. The summed E-state index contributed by atoms with van der Waals surface area (Å²) >= 11 is 0. The normalized spacial score (nSPS) is 18.1. The smallest absolute Gasteiger partial charge is 0.255 e. The average molecular weight is 354 g/mol. The van der Waals surface area contributed by atoms with Crippen LogP contribution in [0.25, 0.3) is 0 Å². The predicted octanol–water partition coefficient (Wildman–Crippen LogP) is 4.51. The van der Waals surface area contributed by atoms with Gasteiger partial charge >= 0.3 is 0 Å². The lowest BCUT2D eigenvalue weighted by Crippen LogP contribution is -2.37. The maximum Gasteiger partial charge on any atom is 0.255 e. The lowest BCUT2D eigenvalue weighted by molar-refractivity contribution is 0.0948. The fourth-order valence-electron chi connectivity index (χ4n) is 3.89. The molecular formula is C22H30N2O2. The zero-order chi connectivity index (χ0) is 18.7. The summed E-state index contributed by atoms with van der Waals surface area (Å²) in [6, 6.07) is 9.06. The second-order valence-electron chi connectivity index (χ2n) is 7.48. The summed E-state index contributed by atoms with van der Waals surface area (Å²) in [5.41, 5.74) is 4.09. The van der Waals surface area contributed by atoms with Gasteiger partial charge in [0.05, 0.1) is 5.56 Å². The van der Waals surface area contributed by atoms with E-state index in [2.05, 4.69) is 35.3 Å². The summed E-state index contributed by atoms with van der Waals surface area (Å²) in [6.45, 7) is 10.7. The number of rotatable bonds is 5. The molecule has 0 bridgehead atoms. The monoisotopic (exact) mass is 354 g/mol. The lowest BCUT2D eigenvalue weighted by Gasteiger charge is -2.33. The van der Waals surface area contributed by atoms with Gasteiger partial charge in [0, 0.05) is 24.7 Å². The van der Waals surface area contributed by atoms with Crippen molar-refractivity contribution in [1.82, 2.24) is 10.2 Å². The summed E-state index contributed by atoms with van der Waals surface area (Å²) in [5, 5.41) is 3.08. The molecule has 1 saturated heterocycles. The Bertz CT molecular complexity index is 778. The molecule has 1 unspecified atom stereocenters. The molecule has 1 aromatic carbocycles. The van der Waals surface area contributed by atoms with Crippen LogP contribution in [0.15, 0.2) is 28.7 Å². The van der Waals surface area contributed by atoms with Gasteiger partial charge in [-0.25, -0.2) is 0 Å². The number of nitrogens with zero attached hydrogens (tertiary/aromatic N) is 1. The Morgan fingerprint density at radius 2 is 1.88 bits per heavy atom. The molecule has 26 heavy (non-hydrogen) atoms. The summed E-state index contributed by atoms with van der Waals surface area (Å²) in [7, 11) is 0. The molecule has 2 heterocycles. The highest BCUT2D eigenvalue weighted by molar-refractivity contribution is 5.96. The first-order valence-corrected chi connectivity index (χ1v) is 9.63. The number of piperidine rings is 1. The van der Waals surface area contributed by atoms with Gasteiger partial charge in [0.15, 0.2) is 0 Å². The first kappa shape index (κ1) is 18.7. The van der Waals surface area contributed by atoms with E-state index in [0.29, 0.717) is 23.9 Å². The van der Waals surface area contributed by atoms with Crippen LogP contribution in [0.1, 0.15) is 64.8 Å². The van der Waals surface area contributed by atoms with Crippen molar-refractivity contribution < 1.29 is 9.21 Å². The average Bonchev–Trinajstić information content (AvgIpc) is 2.88. The quantitative estimate of drug-likeness (QED) is 0.859. The molecule has 0 radical (unpaired) electrons. The molecule has 3 rings (SSSR count). The minimum atomic E-state index is -0.0574. The van der Waals surface area contributed by atoms with Gasteiger partial charge in [-0.2, -0.15) is 0 Å². The number of carbonyl (C=O) groups excluding carboxylic acids is 1. The summed E-state index contributed by atoms with van der Waals surface area (Å²) in [6.07, 6.45) is 3.89. The van der Waals surface area contributed by atoms with E-state index in [1.165, 1.54) is 30.4 Å². The first-order valence-electron chi connectivity index (χ1n) is 9.63. The van der Waals surface area contributed by atoms with Gasteiger partial charge in [-0.1, -0.05) is 30.7 Å². The fourth-order valence-corrected chi connectivity index (χ4v) is 3.89. The predicted molar refractivity (Wildman–Crippen MR) is 104 cm³/mol. The Balaban J connectivity index is 1.69. The van der Waals surface area contributed by atoms with Crippen molar-refractivity contribution in [3.63, 3.8) is 0 Å². The van der Waals surface area contributed by atoms with Crippen LogP contribution in [0.4, 0.5) is 0 Å². The Labute approximate surface area is 156 Å². The highest BCUT2D eigenvalue weighted by atomic mass is 16.3. The number of nitrogens with one attached hydrogen (secondary N) is 1.